The molecule has 0 aliphatic carbocycles. The number of hydrogen-bond acceptors (Lipinski definition) is 5. The summed E-state index contributed by atoms with van der Waals surface area (Å²) >= 11 is 5.93. The second-order valence-electron chi connectivity index (χ2n) is 5.35. The van der Waals surface area contributed by atoms with E-state index in [2.05, 4.69) is 5.32 Å². The lowest BCUT2D eigenvalue weighted by atomic mass is 10.0. The Kier molecular flexibility index (Phi) is 3.64. The normalized spacial score (nSPS) is 26.0. The first-order valence-corrected chi connectivity index (χ1v) is 8.37. The minimum Gasteiger partial charge on any atom is -0.316 e. The van der Waals surface area contributed by atoms with E-state index in [-0.39, 0.29) is 16.9 Å². The lowest BCUT2D eigenvalue weighted by molar-refractivity contribution is -0.387. The van der Waals surface area contributed by atoms with Crippen LogP contribution in [-0.2, 0) is 10.0 Å². The highest BCUT2D eigenvalue weighted by Gasteiger charge is 2.44. The molecule has 2 heterocycles. The van der Waals surface area contributed by atoms with Crippen molar-refractivity contribution >= 4 is 27.3 Å². The van der Waals surface area contributed by atoms with E-state index in [0.717, 1.165) is 19.2 Å². The van der Waals surface area contributed by atoms with Gasteiger partial charge in [-0.25, -0.2) is 8.42 Å². The van der Waals surface area contributed by atoms with Crippen molar-refractivity contribution < 1.29 is 13.3 Å². The number of nitrogens with one attached hydrogen (secondary N) is 1. The highest BCUT2D eigenvalue weighted by molar-refractivity contribution is 7.89. The van der Waals surface area contributed by atoms with Gasteiger partial charge in [-0.15, -0.1) is 0 Å². The van der Waals surface area contributed by atoms with Crippen molar-refractivity contribution in [3.05, 3.63) is 33.3 Å². The highest BCUT2D eigenvalue weighted by atomic mass is 35.5. The summed E-state index contributed by atoms with van der Waals surface area (Å²) in [7, 11) is -3.96. The lowest BCUT2D eigenvalue weighted by Crippen LogP contribution is -2.32. The van der Waals surface area contributed by atoms with Gasteiger partial charge in [0.15, 0.2) is 4.90 Å². The van der Waals surface area contributed by atoms with Crippen molar-refractivity contribution in [1.82, 2.24) is 9.62 Å². The van der Waals surface area contributed by atoms with Crippen LogP contribution in [0.25, 0.3) is 0 Å². The van der Waals surface area contributed by atoms with Crippen molar-refractivity contribution in [3.63, 3.8) is 0 Å². The number of nitro groups is 1. The summed E-state index contributed by atoms with van der Waals surface area (Å²) in [4.78, 5) is 9.98. The van der Waals surface area contributed by atoms with Gasteiger partial charge >= 0.3 is 0 Å². The molecule has 0 amide bonds. The third-order valence-corrected chi connectivity index (χ3v) is 6.45. The minimum absolute atomic E-state index is 0.112. The molecule has 1 N–H and O–H groups in total. The monoisotopic (exact) mass is 331 g/mol. The summed E-state index contributed by atoms with van der Waals surface area (Å²) in [5.74, 6) is 0.530. The fraction of sp³-hybridized carbons (Fsp3) is 0.500. The topological polar surface area (TPSA) is 92.5 Å². The average Bonchev–Trinajstić information content (AvgIpc) is 2.98. The molecule has 0 aromatic heterocycles. The average molecular weight is 332 g/mol. The molecule has 2 saturated heterocycles. The van der Waals surface area contributed by atoms with Gasteiger partial charge in [0.2, 0.25) is 0 Å². The van der Waals surface area contributed by atoms with Crippen molar-refractivity contribution in [2.24, 2.45) is 11.8 Å². The predicted molar refractivity (Wildman–Crippen MR) is 76.7 cm³/mol. The van der Waals surface area contributed by atoms with Crippen LogP contribution in [0.15, 0.2) is 23.1 Å². The first-order chi connectivity index (χ1) is 9.91. The highest BCUT2D eigenvalue weighted by Crippen LogP contribution is 2.37. The third-order valence-electron chi connectivity index (χ3n) is 4.10. The van der Waals surface area contributed by atoms with Gasteiger partial charge < -0.3 is 5.32 Å². The Morgan fingerprint density at radius 3 is 2.48 bits per heavy atom. The van der Waals surface area contributed by atoms with Crippen LogP contribution in [0.4, 0.5) is 5.69 Å². The number of hydrogen-bond donors (Lipinski definition) is 1. The SMILES string of the molecule is O=[N+]([O-])c1cccc(Cl)c1S(=O)(=O)N1C[C@H]2CNC[C@H]2C1. The van der Waals surface area contributed by atoms with E-state index >= 15 is 0 Å². The second kappa shape index (κ2) is 5.20. The van der Waals surface area contributed by atoms with Gasteiger partial charge in [-0.3, -0.25) is 10.1 Å². The molecule has 2 aliphatic rings. The Hall–Kier alpha value is -1.22. The summed E-state index contributed by atoms with van der Waals surface area (Å²) in [6, 6.07) is 3.90. The van der Waals surface area contributed by atoms with E-state index in [4.69, 9.17) is 11.6 Å². The largest absolute Gasteiger partial charge is 0.316 e. The van der Waals surface area contributed by atoms with Gasteiger partial charge in [-0.05, 0) is 31.0 Å². The van der Waals surface area contributed by atoms with Gasteiger partial charge in [-0.1, -0.05) is 17.7 Å². The maximum absolute atomic E-state index is 12.7. The molecule has 0 unspecified atom stereocenters. The first-order valence-electron chi connectivity index (χ1n) is 6.55. The first kappa shape index (κ1) is 14.7. The van der Waals surface area contributed by atoms with E-state index in [1.807, 2.05) is 0 Å². The molecule has 2 aliphatic heterocycles. The molecule has 0 saturated carbocycles. The third kappa shape index (κ3) is 2.42. The maximum Gasteiger partial charge on any atom is 0.290 e. The zero-order chi connectivity index (χ0) is 15.2. The van der Waals surface area contributed by atoms with Gasteiger partial charge in [0.05, 0.1) is 9.95 Å². The van der Waals surface area contributed by atoms with Crippen LogP contribution in [0.5, 0.6) is 0 Å². The van der Waals surface area contributed by atoms with E-state index in [9.17, 15) is 18.5 Å². The summed E-state index contributed by atoms with van der Waals surface area (Å²) < 4.78 is 26.8. The fourth-order valence-electron chi connectivity index (χ4n) is 3.03. The van der Waals surface area contributed by atoms with E-state index < -0.39 is 25.5 Å². The molecule has 1 aromatic carbocycles. The molecule has 114 valence electrons. The number of halogens is 1. The molecular weight excluding hydrogens is 318 g/mol. The molecule has 0 radical (unpaired) electrons. The molecule has 7 nitrogen and oxygen atoms in total. The maximum atomic E-state index is 12.7. The Labute approximate surface area is 127 Å². The van der Waals surface area contributed by atoms with Crippen LogP contribution in [0, 0.1) is 22.0 Å². The zero-order valence-corrected chi connectivity index (χ0v) is 12.6. The number of sulfonamides is 1. The number of rotatable bonds is 3. The summed E-state index contributed by atoms with van der Waals surface area (Å²) in [6.07, 6.45) is 0. The van der Waals surface area contributed by atoms with E-state index in [1.54, 1.807) is 0 Å². The molecule has 9 heteroatoms. The van der Waals surface area contributed by atoms with Crippen LogP contribution in [0.3, 0.4) is 0 Å². The van der Waals surface area contributed by atoms with Crippen molar-refractivity contribution in [2.45, 2.75) is 4.90 Å². The molecule has 1 aromatic rings. The van der Waals surface area contributed by atoms with Crippen molar-refractivity contribution in [2.75, 3.05) is 26.2 Å². The summed E-state index contributed by atoms with van der Waals surface area (Å²) in [5.41, 5.74) is -0.474. The van der Waals surface area contributed by atoms with Crippen LogP contribution in [-0.4, -0.2) is 43.8 Å². The molecule has 0 bridgehead atoms. The van der Waals surface area contributed by atoms with Crippen LogP contribution >= 0.6 is 11.6 Å². The Balaban J connectivity index is 2.02. The molecule has 2 atom stereocenters. The smallest absolute Gasteiger partial charge is 0.290 e. The van der Waals surface area contributed by atoms with Gasteiger partial charge in [0.1, 0.15) is 0 Å². The van der Waals surface area contributed by atoms with Crippen LogP contribution in [0.2, 0.25) is 5.02 Å². The quantitative estimate of drug-likeness (QED) is 0.661. The molecule has 21 heavy (non-hydrogen) atoms. The van der Waals surface area contributed by atoms with E-state index in [1.165, 1.54) is 16.4 Å². The second-order valence-corrected chi connectivity index (χ2v) is 7.63. The van der Waals surface area contributed by atoms with Gasteiger partial charge in [0.25, 0.3) is 15.7 Å². The number of nitro benzene ring substituents is 1. The Morgan fingerprint density at radius 2 is 1.90 bits per heavy atom. The Bertz CT molecular complexity index is 682. The number of nitrogens with zero attached hydrogens (tertiary/aromatic N) is 2. The van der Waals surface area contributed by atoms with Crippen LogP contribution < -0.4 is 5.32 Å². The lowest BCUT2D eigenvalue weighted by Gasteiger charge is -2.18. The van der Waals surface area contributed by atoms with Crippen molar-refractivity contribution in [3.8, 4) is 0 Å². The summed E-state index contributed by atoms with van der Waals surface area (Å²) in [5, 5.41) is 14.2. The van der Waals surface area contributed by atoms with E-state index in [0.29, 0.717) is 13.1 Å². The molecule has 0 spiro atoms. The predicted octanol–water partition coefficient (Wildman–Crippen LogP) is 1.09. The standard InChI is InChI=1S/C12H14ClN3O4S/c13-10-2-1-3-11(16(17)18)12(10)21(19,20)15-6-8-4-14-5-9(8)7-15/h1-3,8-9,14H,4-7H2/t8-,9+. The molecule has 3 rings (SSSR count). The van der Waals surface area contributed by atoms with Crippen LogP contribution in [0.1, 0.15) is 0 Å². The molecular formula is C12H14ClN3O4S. The zero-order valence-electron chi connectivity index (χ0n) is 11.0. The minimum atomic E-state index is -3.96. The Morgan fingerprint density at radius 1 is 1.29 bits per heavy atom. The fourth-order valence-corrected chi connectivity index (χ4v) is 5.25. The van der Waals surface area contributed by atoms with Gasteiger partial charge in [0, 0.05) is 19.2 Å². The number of benzene rings is 1. The van der Waals surface area contributed by atoms with Crippen molar-refractivity contribution in [1.29, 1.82) is 0 Å². The molecule has 2 fully saturated rings. The van der Waals surface area contributed by atoms with Gasteiger partial charge in [-0.2, -0.15) is 4.31 Å². The number of fused-ring (bicyclic) bond motifs is 1. The summed E-state index contributed by atoms with van der Waals surface area (Å²) in [6.45, 7) is 2.31.